The molecule has 2 atom stereocenters. The Bertz CT molecular complexity index is 1110. The molecule has 0 aromatic heterocycles. The summed E-state index contributed by atoms with van der Waals surface area (Å²) < 4.78 is 11.5. The molecule has 0 N–H and O–H groups in total. The summed E-state index contributed by atoms with van der Waals surface area (Å²) in [6.45, 7) is 4.72. The molecule has 36 heavy (non-hydrogen) atoms. The molecule has 4 aromatic carbocycles. The van der Waals surface area contributed by atoms with E-state index in [1.54, 1.807) is 0 Å². The molecular formula is C33H34O3. The Morgan fingerprint density at radius 1 is 0.528 bits per heavy atom. The van der Waals surface area contributed by atoms with Crippen LogP contribution in [-0.2, 0) is 33.1 Å². The molecule has 0 saturated heterocycles. The summed E-state index contributed by atoms with van der Waals surface area (Å²) in [4.78, 5) is 12.9. The molecule has 4 aromatic rings. The van der Waals surface area contributed by atoms with Crippen molar-refractivity contribution >= 4 is 6.16 Å². The number of hydrogen-bond acceptors (Lipinski definition) is 3. The van der Waals surface area contributed by atoms with Gasteiger partial charge < -0.3 is 9.47 Å². The molecule has 0 aliphatic carbocycles. The molecule has 3 heteroatoms. The van der Waals surface area contributed by atoms with Crippen molar-refractivity contribution in [3.63, 3.8) is 0 Å². The van der Waals surface area contributed by atoms with Crippen molar-refractivity contribution < 1.29 is 14.3 Å². The van der Waals surface area contributed by atoms with E-state index in [-0.39, 0.29) is 24.0 Å². The van der Waals surface area contributed by atoms with Gasteiger partial charge in [-0.25, -0.2) is 4.79 Å². The Hall–Kier alpha value is -3.85. The minimum Gasteiger partial charge on any atom is -0.433 e. The number of carbonyl (C=O) groups excluding carboxylic acids is 1. The van der Waals surface area contributed by atoms with Crippen LogP contribution in [0.4, 0.5) is 4.79 Å². The van der Waals surface area contributed by atoms with E-state index in [0.29, 0.717) is 0 Å². The molecular weight excluding hydrogens is 444 g/mol. The minimum absolute atomic E-state index is 0.228. The van der Waals surface area contributed by atoms with Gasteiger partial charge in [0.2, 0.25) is 0 Å². The van der Waals surface area contributed by atoms with Crippen molar-refractivity contribution in [3.8, 4) is 0 Å². The molecule has 0 aliphatic rings. The minimum atomic E-state index is -0.638. The molecule has 0 aliphatic heterocycles. The standard InChI is InChI=1S/C33H34O3/c1-32(29-19-11-5-12-20-29,23-27-15-7-3-8-16-27)25-35-31(34)36-26-33(2,30-21-13-6-14-22-30)24-28-17-9-4-10-18-28/h3-22H,23-26H2,1-2H3. The maximum absolute atomic E-state index is 12.9. The number of rotatable bonds is 10. The van der Waals surface area contributed by atoms with E-state index in [0.717, 1.165) is 24.0 Å². The van der Waals surface area contributed by atoms with Crippen LogP contribution in [0.2, 0.25) is 0 Å². The third-order valence-corrected chi connectivity index (χ3v) is 6.83. The first kappa shape index (κ1) is 25.2. The maximum atomic E-state index is 12.9. The summed E-state index contributed by atoms with van der Waals surface area (Å²) in [5.74, 6) is 0. The Balaban J connectivity index is 1.45. The second-order valence-corrected chi connectivity index (χ2v) is 10.0. The van der Waals surface area contributed by atoms with Crippen LogP contribution in [0.5, 0.6) is 0 Å². The fraction of sp³-hybridized carbons (Fsp3) is 0.242. The van der Waals surface area contributed by atoms with Gasteiger partial charge in [-0.3, -0.25) is 0 Å². The highest BCUT2D eigenvalue weighted by molar-refractivity contribution is 5.60. The Morgan fingerprint density at radius 2 is 0.833 bits per heavy atom. The van der Waals surface area contributed by atoms with Crippen LogP contribution < -0.4 is 0 Å². The lowest BCUT2D eigenvalue weighted by Crippen LogP contribution is -2.35. The van der Waals surface area contributed by atoms with Gasteiger partial charge in [0.15, 0.2) is 0 Å². The third-order valence-electron chi connectivity index (χ3n) is 6.83. The van der Waals surface area contributed by atoms with Crippen LogP contribution in [0, 0.1) is 0 Å². The predicted octanol–water partition coefficient (Wildman–Crippen LogP) is 7.54. The first-order valence-corrected chi connectivity index (χ1v) is 12.5. The Kier molecular flexibility index (Phi) is 8.22. The molecule has 0 fully saturated rings. The molecule has 0 bridgehead atoms. The predicted molar refractivity (Wildman–Crippen MR) is 145 cm³/mol. The second kappa shape index (κ2) is 11.7. The van der Waals surface area contributed by atoms with E-state index in [9.17, 15) is 4.79 Å². The van der Waals surface area contributed by atoms with Crippen molar-refractivity contribution in [1.29, 1.82) is 0 Å². The van der Waals surface area contributed by atoms with Crippen molar-refractivity contribution in [2.45, 2.75) is 37.5 Å². The highest BCUT2D eigenvalue weighted by Gasteiger charge is 2.32. The molecule has 2 unspecified atom stereocenters. The van der Waals surface area contributed by atoms with Gasteiger partial charge in [-0.2, -0.15) is 0 Å². The van der Waals surface area contributed by atoms with E-state index in [1.165, 1.54) is 11.1 Å². The number of ether oxygens (including phenoxy) is 2. The lowest BCUT2D eigenvalue weighted by atomic mass is 9.78. The van der Waals surface area contributed by atoms with E-state index < -0.39 is 6.16 Å². The van der Waals surface area contributed by atoms with Gasteiger partial charge in [0.1, 0.15) is 13.2 Å². The van der Waals surface area contributed by atoms with E-state index >= 15 is 0 Å². The highest BCUT2D eigenvalue weighted by Crippen LogP contribution is 2.31. The summed E-state index contributed by atoms with van der Waals surface area (Å²) in [5.41, 5.74) is 3.88. The van der Waals surface area contributed by atoms with Crippen LogP contribution in [0.3, 0.4) is 0 Å². The van der Waals surface area contributed by atoms with Crippen molar-refractivity contribution in [1.82, 2.24) is 0 Å². The monoisotopic (exact) mass is 478 g/mol. The van der Waals surface area contributed by atoms with Crippen molar-refractivity contribution in [3.05, 3.63) is 144 Å². The van der Waals surface area contributed by atoms with Crippen LogP contribution in [-0.4, -0.2) is 19.4 Å². The largest absolute Gasteiger partial charge is 0.508 e. The van der Waals surface area contributed by atoms with Crippen LogP contribution >= 0.6 is 0 Å². The van der Waals surface area contributed by atoms with Gasteiger partial charge in [0.25, 0.3) is 0 Å². The van der Waals surface area contributed by atoms with E-state index in [2.05, 4.69) is 62.4 Å². The topological polar surface area (TPSA) is 35.5 Å². The summed E-state index contributed by atoms with van der Waals surface area (Å²) in [6.07, 6.45) is 0.863. The zero-order chi connectivity index (χ0) is 25.3. The lowest BCUT2D eigenvalue weighted by Gasteiger charge is -2.31. The molecule has 0 saturated carbocycles. The maximum Gasteiger partial charge on any atom is 0.508 e. The van der Waals surface area contributed by atoms with Crippen molar-refractivity contribution in [2.24, 2.45) is 0 Å². The van der Waals surface area contributed by atoms with Gasteiger partial charge >= 0.3 is 6.16 Å². The smallest absolute Gasteiger partial charge is 0.433 e. The average molecular weight is 479 g/mol. The quantitative estimate of drug-likeness (QED) is 0.221. The Labute approximate surface area is 214 Å². The normalized spacial score (nSPS) is 14.3. The zero-order valence-corrected chi connectivity index (χ0v) is 21.1. The van der Waals surface area contributed by atoms with Gasteiger partial charge in [0.05, 0.1) is 0 Å². The molecule has 0 spiro atoms. The second-order valence-electron chi connectivity index (χ2n) is 10.0. The highest BCUT2D eigenvalue weighted by atomic mass is 16.7. The van der Waals surface area contributed by atoms with Crippen LogP contribution in [0.15, 0.2) is 121 Å². The van der Waals surface area contributed by atoms with Gasteiger partial charge in [-0.15, -0.1) is 0 Å². The molecule has 0 amide bonds. The number of benzene rings is 4. The number of carbonyl (C=O) groups is 1. The summed E-state index contributed by atoms with van der Waals surface area (Å²) in [7, 11) is 0. The van der Waals surface area contributed by atoms with Crippen LogP contribution in [0.25, 0.3) is 0 Å². The molecule has 0 radical (unpaired) electrons. The SMILES string of the molecule is CC(COC(=O)OCC(C)(Cc1ccccc1)c1ccccc1)(Cc1ccccc1)c1ccccc1. The molecule has 4 rings (SSSR count). The van der Waals surface area contributed by atoms with Gasteiger partial charge in [-0.05, 0) is 35.1 Å². The first-order chi connectivity index (χ1) is 17.5. The first-order valence-electron chi connectivity index (χ1n) is 12.5. The number of hydrogen-bond donors (Lipinski definition) is 0. The fourth-order valence-corrected chi connectivity index (χ4v) is 4.72. The molecule has 0 heterocycles. The van der Waals surface area contributed by atoms with Gasteiger partial charge in [-0.1, -0.05) is 135 Å². The Morgan fingerprint density at radius 3 is 1.17 bits per heavy atom. The average Bonchev–Trinajstić information content (AvgIpc) is 2.93. The molecule has 3 nitrogen and oxygen atoms in total. The van der Waals surface area contributed by atoms with Crippen LogP contribution in [0.1, 0.15) is 36.1 Å². The summed E-state index contributed by atoms with van der Waals surface area (Å²) in [6, 6.07) is 41.0. The van der Waals surface area contributed by atoms with Gasteiger partial charge in [0, 0.05) is 10.8 Å². The fourth-order valence-electron chi connectivity index (χ4n) is 4.72. The summed E-state index contributed by atoms with van der Waals surface area (Å²) >= 11 is 0. The van der Waals surface area contributed by atoms with E-state index in [1.807, 2.05) is 72.8 Å². The lowest BCUT2D eigenvalue weighted by molar-refractivity contribution is 0.0274. The van der Waals surface area contributed by atoms with E-state index in [4.69, 9.17) is 9.47 Å². The third kappa shape index (κ3) is 6.63. The molecule has 184 valence electrons. The zero-order valence-electron chi connectivity index (χ0n) is 21.1. The summed E-state index contributed by atoms with van der Waals surface area (Å²) in [5, 5.41) is 0. The van der Waals surface area contributed by atoms with Crippen molar-refractivity contribution in [2.75, 3.05) is 13.2 Å².